The molecule has 2 heterocycles. The fraction of sp³-hybridized carbons (Fsp3) is 0.250. The van der Waals surface area contributed by atoms with Gasteiger partial charge in [0.25, 0.3) is 5.56 Å². The molecule has 0 aromatic carbocycles. The quantitative estimate of drug-likeness (QED) is 0.754. The van der Waals surface area contributed by atoms with Crippen LogP contribution in [0, 0.1) is 0 Å². The van der Waals surface area contributed by atoms with E-state index >= 15 is 0 Å². The number of carbonyl (C=O) groups is 1. The van der Waals surface area contributed by atoms with Gasteiger partial charge in [0, 0.05) is 0 Å². The van der Waals surface area contributed by atoms with E-state index in [0.29, 0.717) is 10.2 Å². The summed E-state index contributed by atoms with van der Waals surface area (Å²) >= 11 is 0.938. The molecule has 2 aromatic heterocycles. The van der Waals surface area contributed by atoms with Crippen LogP contribution in [0.3, 0.4) is 0 Å². The molecular formula is C8H7N3O3S. The van der Waals surface area contributed by atoms with Crippen LogP contribution in [0.25, 0.3) is 10.2 Å². The molecule has 0 saturated carbocycles. The van der Waals surface area contributed by atoms with E-state index in [1.165, 1.54) is 6.33 Å². The molecular weight excluding hydrogens is 218 g/mol. The number of nitrogens with one attached hydrogen (secondary N) is 1. The van der Waals surface area contributed by atoms with Crippen molar-refractivity contribution in [3.8, 4) is 0 Å². The third kappa shape index (κ3) is 1.61. The lowest BCUT2D eigenvalue weighted by Gasteiger charge is -1.96. The summed E-state index contributed by atoms with van der Waals surface area (Å²) in [6, 6.07) is 0. The smallest absolute Gasteiger partial charge is 0.360 e. The molecule has 0 aliphatic carbocycles. The molecule has 2 aromatic rings. The van der Waals surface area contributed by atoms with Crippen LogP contribution in [0.15, 0.2) is 11.1 Å². The molecule has 0 bridgehead atoms. The first-order valence-electron chi connectivity index (χ1n) is 4.24. The Morgan fingerprint density at radius 3 is 3.20 bits per heavy atom. The highest BCUT2D eigenvalue weighted by Gasteiger charge is 2.17. The van der Waals surface area contributed by atoms with E-state index in [2.05, 4.69) is 14.3 Å². The lowest BCUT2D eigenvalue weighted by Crippen LogP contribution is -2.08. The van der Waals surface area contributed by atoms with E-state index in [1.54, 1.807) is 6.92 Å². The Balaban J connectivity index is 2.59. The number of nitrogens with zero attached hydrogens (tertiary/aromatic N) is 2. The van der Waals surface area contributed by atoms with E-state index in [4.69, 9.17) is 4.74 Å². The van der Waals surface area contributed by atoms with E-state index in [1.807, 2.05) is 0 Å². The van der Waals surface area contributed by atoms with Crippen molar-refractivity contribution in [2.45, 2.75) is 6.92 Å². The van der Waals surface area contributed by atoms with Gasteiger partial charge in [0.05, 0.1) is 12.9 Å². The lowest BCUT2D eigenvalue weighted by molar-refractivity contribution is 0.0523. The molecule has 0 saturated heterocycles. The first kappa shape index (κ1) is 9.78. The molecule has 0 atom stereocenters. The van der Waals surface area contributed by atoms with Crippen molar-refractivity contribution in [3.05, 3.63) is 22.4 Å². The maximum Gasteiger partial charge on any atom is 0.360 e. The number of rotatable bonds is 2. The Morgan fingerprint density at radius 1 is 1.67 bits per heavy atom. The van der Waals surface area contributed by atoms with Gasteiger partial charge in [-0.3, -0.25) is 4.79 Å². The van der Waals surface area contributed by atoms with E-state index in [0.717, 1.165) is 11.5 Å². The molecule has 0 unspecified atom stereocenters. The average Bonchev–Trinajstić information content (AvgIpc) is 2.63. The van der Waals surface area contributed by atoms with Crippen LogP contribution in [-0.4, -0.2) is 26.9 Å². The standard InChI is InChI=1S/C8H7N3O3S/c1-2-14-8(13)5-4-6(15-11-5)7(12)10-3-9-4/h3H,2H2,1H3,(H,9,10,12). The summed E-state index contributed by atoms with van der Waals surface area (Å²) in [5.41, 5.74) is 0.0956. The summed E-state index contributed by atoms with van der Waals surface area (Å²) in [4.78, 5) is 29.0. The third-order valence-electron chi connectivity index (χ3n) is 1.73. The molecule has 6 nitrogen and oxygen atoms in total. The normalized spacial score (nSPS) is 10.5. The van der Waals surface area contributed by atoms with Crippen LogP contribution >= 0.6 is 11.5 Å². The molecule has 78 valence electrons. The number of esters is 1. The summed E-state index contributed by atoms with van der Waals surface area (Å²) in [7, 11) is 0. The topological polar surface area (TPSA) is 84.9 Å². The Kier molecular flexibility index (Phi) is 2.46. The fourth-order valence-electron chi connectivity index (χ4n) is 1.11. The van der Waals surface area contributed by atoms with Crippen molar-refractivity contribution in [2.24, 2.45) is 0 Å². The number of ether oxygens (including phenoxy) is 1. The Hall–Kier alpha value is -1.76. The zero-order valence-electron chi connectivity index (χ0n) is 7.81. The summed E-state index contributed by atoms with van der Waals surface area (Å²) < 4.78 is 8.98. The summed E-state index contributed by atoms with van der Waals surface area (Å²) in [5, 5.41) is 0. The predicted molar refractivity (Wildman–Crippen MR) is 54.0 cm³/mol. The van der Waals surface area contributed by atoms with Crippen molar-refractivity contribution in [3.63, 3.8) is 0 Å². The molecule has 7 heteroatoms. The molecule has 0 spiro atoms. The van der Waals surface area contributed by atoms with E-state index in [9.17, 15) is 9.59 Å². The summed E-state index contributed by atoms with van der Waals surface area (Å²) in [6.07, 6.45) is 1.24. The minimum Gasteiger partial charge on any atom is -0.461 e. The van der Waals surface area contributed by atoms with Crippen molar-refractivity contribution in [1.82, 2.24) is 14.3 Å². The first-order chi connectivity index (χ1) is 7.24. The van der Waals surface area contributed by atoms with Crippen molar-refractivity contribution in [2.75, 3.05) is 6.61 Å². The largest absolute Gasteiger partial charge is 0.461 e. The Labute approximate surface area is 88.1 Å². The van der Waals surface area contributed by atoms with Gasteiger partial charge in [-0.05, 0) is 18.5 Å². The zero-order valence-corrected chi connectivity index (χ0v) is 8.63. The number of fused-ring (bicyclic) bond motifs is 1. The molecule has 15 heavy (non-hydrogen) atoms. The highest BCUT2D eigenvalue weighted by Crippen LogP contribution is 2.16. The van der Waals surface area contributed by atoms with Gasteiger partial charge in [0.15, 0.2) is 5.69 Å². The maximum atomic E-state index is 11.4. The molecule has 0 amide bonds. The van der Waals surface area contributed by atoms with Gasteiger partial charge in [-0.2, -0.15) is 4.37 Å². The molecule has 2 rings (SSSR count). The highest BCUT2D eigenvalue weighted by atomic mass is 32.1. The summed E-state index contributed by atoms with van der Waals surface area (Å²) in [5.74, 6) is -0.554. The minimum atomic E-state index is -0.554. The Bertz CT molecular complexity index is 560. The van der Waals surface area contributed by atoms with Crippen LogP contribution in [0.2, 0.25) is 0 Å². The van der Waals surface area contributed by atoms with Gasteiger partial charge in [-0.1, -0.05) is 0 Å². The van der Waals surface area contributed by atoms with Gasteiger partial charge < -0.3 is 9.72 Å². The number of aromatic nitrogens is 3. The summed E-state index contributed by atoms with van der Waals surface area (Å²) in [6.45, 7) is 1.97. The van der Waals surface area contributed by atoms with E-state index in [-0.39, 0.29) is 17.9 Å². The number of hydrogen-bond donors (Lipinski definition) is 1. The predicted octanol–water partition coefficient (Wildman–Crippen LogP) is 0.556. The van der Waals surface area contributed by atoms with Crippen LogP contribution in [0.4, 0.5) is 0 Å². The lowest BCUT2D eigenvalue weighted by atomic mass is 10.3. The van der Waals surface area contributed by atoms with E-state index < -0.39 is 5.97 Å². The van der Waals surface area contributed by atoms with Crippen LogP contribution in [0.1, 0.15) is 17.4 Å². The SMILES string of the molecule is CCOC(=O)c1nsc2c(=O)[nH]cnc12. The second kappa shape index (κ2) is 3.77. The minimum absolute atomic E-state index is 0.1000. The van der Waals surface area contributed by atoms with Crippen LogP contribution < -0.4 is 5.56 Å². The Morgan fingerprint density at radius 2 is 2.47 bits per heavy atom. The number of H-pyrrole nitrogens is 1. The number of hydrogen-bond acceptors (Lipinski definition) is 6. The maximum absolute atomic E-state index is 11.4. The highest BCUT2D eigenvalue weighted by molar-refractivity contribution is 7.13. The number of aromatic amines is 1. The fourth-order valence-corrected chi connectivity index (χ4v) is 1.83. The van der Waals surface area contributed by atoms with Crippen molar-refractivity contribution < 1.29 is 9.53 Å². The van der Waals surface area contributed by atoms with Gasteiger partial charge in [-0.25, -0.2) is 9.78 Å². The van der Waals surface area contributed by atoms with Crippen molar-refractivity contribution in [1.29, 1.82) is 0 Å². The van der Waals surface area contributed by atoms with Gasteiger partial charge in [0.2, 0.25) is 0 Å². The first-order valence-corrected chi connectivity index (χ1v) is 5.01. The second-order valence-corrected chi connectivity index (χ2v) is 3.43. The van der Waals surface area contributed by atoms with Crippen LogP contribution in [-0.2, 0) is 4.74 Å². The van der Waals surface area contributed by atoms with Gasteiger partial charge >= 0.3 is 5.97 Å². The van der Waals surface area contributed by atoms with Crippen molar-refractivity contribution >= 4 is 27.7 Å². The average molecular weight is 225 g/mol. The second-order valence-electron chi connectivity index (χ2n) is 2.66. The zero-order chi connectivity index (χ0) is 10.8. The third-order valence-corrected chi connectivity index (χ3v) is 2.57. The molecule has 0 aliphatic heterocycles. The van der Waals surface area contributed by atoms with Gasteiger partial charge in [-0.15, -0.1) is 0 Å². The molecule has 1 N–H and O–H groups in total. The number of carbonyl (C=O) groups excluding carboxylic acids is 1. The molecule has 0 radical (unpaired) electrons. The monoisotopic (exact) mass is 225 g/mol. The van der Waals surface area contributed by atoms with Gasteiger partial charge in [0.1, 0.15) is 10.2 Å². The molecule has 0 aliphatic rings. The molecule has 0 fully saturated rings. The van der Waals surface area contributed by atoms with Crippen LogP contribution in [0.5, 0.6) is 0 Å².